The first kappa shape index (κ1) is 17.1. The highest BCUT2D eigenvalue weighted by atomic mass is 35.5. The second-order valence-electron chi connectivity index (χ2n) is 4.41. The summed E-state index contributed by atoms with van der Waals surface area (Å²) in [7, 11) is 2.90. The molecule has 21 heavy (non-hydrogen) atoms. The minimum Gasteiger partial charge on any atom is -0.493 e. The lowest BCUT2D eigenvalue weighted by molar-refractivity contribution is -0.123. The number of likely N-dealkylation sites (N-methyl/N-ethyl adjacent to an activating group) is 1. The van der Waals surface area contributed by atoms with Gasteiger partial charge in [0.2, 0.25) is 0 Å². The summed E-state index contributed by atoms with van der Waals surface area (Å²) in [6, 6.07) is 2.86. The van der Waals surface area contributed by atoms with Crippen LogP contribution in [0.3, 0.4) is 0 Å². The van der Waals surface area contributed by atoms with E-state index in [1.807, 2.05) is 13.8 Å². The van der Waals surface area contributed by atoms with Crippen molar-refractivity contribution < 1.29 is 23.8 Å². The Morgan fingerprint density at radius 3 is 2.52 bits per heavy atom. The highest BCUT2D eigenvalue weighted by molar-refractivity contribution is 6.32. The van der Waals surface area contributed by atoms with E-state index in [1.165, 1.54) is 26.3 Å². The Morgan fingerprint density at radius 2 is 2.00 bits per heavy atom. The van der Waals surface area contributed by atoms with Gasteiger partial charge in [0.15, 0.2) is 18.1 Å². The maximum absolute atomic E-state index is 11.9. The first-order valence-electron chi connectivity index (χ1n) is 6.31. The molecule has 1 rings (SSSR count). The summed E-state index contributed by atoms with van der Waals surface area (Å²) in [6.07, 6.45) is -0.0950. The maximum Gasteiger partial charge on any atom is 0.338 e. The summed E-state index contributed by atoms with van der Waals surface area (Å²) in [4.78, 5) is 22.9. The van der Waals surface area contributed by atoms with E-state index < -0.39 is 11.9 Å². The molecule has 0 aliphatic carbocycles. The molecule has 0 saturated carbocycles. The Morgan fingerprint density at radius 1 is 1.33 bits per heavy atom. The van der Waals surface area contributed by atoms with E-state index in [9.17, 15) is 9.59 Å². The molecule has 0 atom stereocenters. The zero-order chi connectivity index (χ0) is 16.0. The van der Waals surface area contributed by atoms with Crippen LogP contribution in [0.2, 0.25) is 5.02 Å². The topological polar surface area (TPSA) is 73.9 Å². The Labute approximate surface area is 128 Å². The Hall–Kier alpha value is -1.95. The Bertz CT molecular complexity index is 530. The van der Waals surface area contributed by atoms with E-state index in [1.54, 1.807) is 0 Å². The zero-order valence-corrected chi connectivity index (χ0v) is 13.1. The number of amides is 1. The van der Waals surface area contributed by atoms with Crippen molar-refractivity contribution in [2.75, 3.05) is 20.8 Å². The highest BCUT2D eigenvalue weighted by Gasteiger charge is 2.18. The number of carbonyl (C=O) groups excluding carboxylic acids is 2. The van der Waals surface area contributed by atoms with E-state index in [0.717, 1.165) is 0 Å². The van der Waals surface area contributed by atoms with Crippen molar-refractivity contribution in [3.8, 4) is 11.5 Å². The summed E-state index contributed by atoms with van der Waals surface area (Å²) in [6.45, 7) is 3.34. The SMILES string of the molecule is CNC(=O)COC(=O)c1cc(Cl)c(OC(C)C)c(OC)c1. The first-order valence-corrected chi connectivity index (χ1v) is 6.68. The number of methoxy groups -OCH3 is 1. The normalized spacial score (nSPS) is 10.2. The quantitative estimate of drug-likeness (QED) is 0.813. The van der Waals surface area contributed by atoms with Crippen molar-refractivity contribution in [2.24, 2.45) is 0 Å². The second kappa shape index (κ2) is 7.73. The van der Waals surface area contributed by atoms with Gasteiger partial charge in [-0.2, -0.15) is 0 Å². The Kier molecular flexibility index (Phi) is 6.30. The number of rotatable bonds is 6. The fourth-order valence-electron chi connectivity index (χ4n) is 1.47. The molecule has 7 heteroatoms. The molecule has 0 fully saturated rings. The molecule has 0 spiro atoms. The molecule has 6 nitrogen and oxygen atoms in total. The van der Waals surface area contributed by atoms with Gasteiger partial charge in [0.1, 0.15) is 0 Å². The predicted octanol–water partition coefficient (Wildman–Crippen LogP) is 2.04. The molecule has 0 aliphatic heterocycles. The smallest absolute Gasteiger partial charge is 0.338 e. The Balaban J connectivity index is 2.97. The number of carbonyl (C=O) groups is 2. The van der Waals surface area contributed by atoms with Gasteiger partial charge in [-0.05, 0) is 26.0 Å². The van der Waals surface area contributed by atoms with Crippen molar-refractivity contribution in [1.82, 2.24) is 5.32 Å². The standard InChI is InChI=1S/C14H18ClNO5/c1-8(2)21-13-10(15)5-9(6-11(13)19-4)14(18)20-7-12(17)16-3/h5-6,8H,7H2,1-4H3,(H,16,17). The van der Waals surface area contributed by atoms with Crippen molar-refractivity contribution in [1.29, 1.82) is 0 Å². The minimum absolute atomic E-state index is 0.0950. The van der Waals surface area contributed by atoms with Crippen LogP contribution in [0.15, 0.2) is 12.1 Å². The van der Waals surface area contributed by atoms with E-state index >= 15 is 0 Å². The van der Waals surface area contributed by atoms with E-state index in [4.69, 9.17) is 25.8 Å². The molecule has 0 unspecified atom stereocenters. The number of hydrogen-bond donors (Lipinski definition) is 1. The van der Waals surface area contributed by atoms with Gasteiger partial charge in [0.25, 0.3) is 5.91 Å². The average Bonchev–Trinajstić information content (AvgIpc) is 2.45. The molecule has 1 amide bonds. The van der Waals surface area contributed by atoms with Crippen molar-refractivity contribution in [3.63, 3.8) is 0 Å². The number of halogens is 1. The van der Waals surface area contributed by atoms with Crippen LogP contribution in [-0.2, 0) is 9.53 Å². The fraction of sp³-hybridized carbons (Fsp3) is 0.429. The van der Waals surface area contributed by atoms with Gasteiger partial charge in [-0.1, -0.05) is 11.6 Å². The number of ether oxygens (including phenoxy) is 3. The van der Waals surface area contributed by atoms with Gasteiger partial charge in [0.05, 0.1) is 23.8 Å². The summed E-state index contributed by atoms with van der Waals surface area (Å²) < 4.78 is 15.6. The van der Waals surface area contributed by atoms with E-state index in [0.29, 0.717) is 11.5 Å². The molecule has 116 valence electrons. The lowest BCUT2D eigenvalue weighted by atomic mass is 10.2. The molecular weight excluding hydrogens is 298 g/mol. The third kappa shape index (κ3) is 4.82. The molecule has 0 heterocycles. The molecule has 0 aliphatic rings. The van der Waals surface area contributed by atoms with Gasteiger partial charge < -0.3 is 19.5 Å². The summed E-state index contributed by atoms with van der Waals surface area (Å²) in [5, 5.41) is 2.58. The average molecular weight is 316 g/mol. The fourth-order valence-corrected chi connectivity index (χ4v) is 1.73. The van der Waals surface area contributed by atoms with Crippen LogP contribution in [0.4, 0.5) is 0 Å². The first-order chi connectivity index (χ1) is 9.88. The maximum atomic E-state index is 11.9. The van der Waals surface area contributed by atoms with Crippen LogP contribution in [0.1, 0.15) is 24.2 Å². The summed E-state index contributed by atoms with van der Waals surface area (Å²) >= 11 is 6.10. The molecule has 1 N–H and O–H groups in total. The highest BCUT2D eigenvalue weighted by Crippen LogP contribution is 2.37. The third-order valence-corrected chi connectivity index (χ3v) is 2.71. The van der Waals surface area contributed by atoms with Gasteiger partial charge in [-0.25, -0.2) is 4.79 Å². The largest absolute Gasteiger partial charge is 0.493 e. The molecule has 1 aromatic carbocycles. The zero-order valence-electron chi connectivity index (χ0n) is 12.4. The van der Waals surface area contributed by atoms with Gasteiger partial charge in [-0.15, -0.1) is 0 Å². The molecule has 1 aromatic rings. The molecule has 0 saturated heterocycles. The molecule has 0 aromatic heterocycles. The second-order valence-corrected chi connectivity index (χ2v) is 4.81. The third-order valence-electron chi connectivity index (χ3n) is 2.43. The van der Waals surface area contributed by atoms with E-state index in [-0.39, 0.29) is 23.3 Å². The number of nitrogens with one attached hydrogen (secondary N) is 1. The van der Waals surface area contributed by atoms with Crippen molar-refractivity contribution >= 4 is 23.5 Å². The predicted molar refractivity (Wildman–Crippen MR) is 78.1 cm³/mol. The van der Waals surface area contributed by atoms with E-state index in [2.05, 4.69) is 5.32 Å². The summed E-state index contributed by atoms with van der Waals surface area (Å²) in [5.41, 5.74) is 0.178. The molecule has 0 bridgehead atoms. The van der Waals surface area contributed by atoms with Crippen LogP contribution in [-0.4, -0.2) is 38.7 Å². The van der Waals surface area contributed by atoms with Crippen LogP contribution in [0, 0.1) is 0 Å². The van der Waals surface area contributed by atoms with Crippen molar-refractivity contribution in [2.45, 2.75) is 20.0 Å². The monoisotopic (exact) mass is 315 g/mol. The molecular formula is C14H18ClNO5. The van der Waals surface area contributed by atoms with Gasteiger partial charge in [-0.3, -0.25) is 4.79 Å². The van der Waals surface area contributed by atoms with Crippen LogP contribution in [0.25, 0.3) is 0 Å². The minimum atomic E-state index is -0.671. The number of esters is 1. The number of hydrogen-bond acceptors (Lipinski definition) is 5. The van der Waals surface area contributed by atoms with Gasteiger partial charge in [0, 0.05) is 7.05 Å². The number of benzene rings is 1. The molecule has 0 radical (unpaired) electrons. The van der Waals surface area contributed by atoms with Crippen LogP contribution in [0.5, 0.6) is 11.5 Å². The lowest BCUT2D eigenvalue weighted by Crippen LogP contribution is -2.25. The van der Waals surface area contributed by atoms with Crippen LogP contribution < -0.4 is 14.8 Å². The van der Waals surface area contributed by atoms with Crippen molar-refractivity contribution in [3.05, 3.63) is 22.7 Å². The summed E-state index contributed by atoms with van der Waals surface area (Å²) in [5.74, 6) is -0.392. The van der Waals surface area contributed by atoms with Gasteiger partial charge >= 0.3 is 5.97 Å². The lowest BCUT2D eigenvalue weighted by Gasteiger charge is -2.16. The van der Waals surface area contributed by atoms with Crippen LogP contribution >= 0.6 is 11.6 Å².